The predicted molar refractivity (Wildman–Crippen MR) is 178 cm³/mol. The molecule has 1 heterocycles. The van der Waals surface area contributed by atoms with Crippen LogP contribution < -0.4 is 21.3 Å². The summed E-state index contributed by atoms with van der Waals surface area (Å²) < 4.78 is 34.8. The lowest BCUT2D eigenvalue weighted by atomic mass is 10.0. The molecule has 6 N–H and O–H groups in total. The second kappa shape index (κ2) is 19.4. The molecule has 0 unspecified atom stereocenters. The lowest BCUT2D eigenvalue weighted by molar-refractivity contribution is -0.142. The standard InChI is InChI=1S/C32H48N6O10S/c1-21(2)17-25(38-31(44)48-32(3,4)5)27(39)37-26(18-22-19-33-20-35-22)28(40)36-24(29(41)42)13-9-10-14-34-30(43)47-15-16-49(45,46)23-11-7-6-8-12-23/h6-8,11-12,19-21,24-26H,9-10,13-18H2,1-5H3,(H,33,35)(H,34,43)(H,36,40)(H,37,39)(H,38,44)(H,41,42)/t24-,25-,26-/m0/s1. The number of aliphatic carboxylic acids is 1. The van der Waals surface area contributed by atoms with Crippen LogP contribution in [0.5, 0.6) is 0 Å². The van der Waals surface area contributed by atoms with Gasteiger partial charge in [0.05, 0.1) is 17.0 Å². The fourth-order valence-corrected chi connectivity index (χ4v) is 5.60. The van der Waals surface area contributed by atoms with Crippen LogP contribution in [0.3, 0.4) is 0 Å². The molecule has 0 saturated heterocycles. The highest BCUT2D eigenvalue weighted by atomic mass is 32.2. The van der Waals surface area contributed by atoms with E-state index in [0.717, 1.165) is 0 Å². The molecular formula is C32H48N6O10S. The Morgan fingerprint density at radius 3 is 2.16 bits per heavy atom. The van der Waals surface area contributed by atoms with Crippen molar-refractivity contribution in [1.29, 1.82) is 0 Å². The molecular weight excluding hydrogens is 660 g/mol. The molecule has 0 bridgehead atoms. The molecule has 1 aromatic carbocycles. The number of benzene rings is 1. The summed E-state index contributed by atoms with van der Waals surface area (Å²) >= 11 is 0. The fourth-order valence-electron chi connectivity index (χ4n) is 4.48. The Bertz CT molecular complexity index is 1480. The minimum atomic E-state index is -3.61. The third-order valence-corrected chi connectivity index (χ3v) is 8.51. The molecule has 0 aliphatic rings. The molecule has 4 amide bonds. The third-order valence-electron chi connectivity index (χ3n) is 6.82. The van der Waals surface area contributed by atoms with E-state index in [-0.39, 0.29) is 55.4 Å². The van der Waals surface area contributed by atoms with Crippen molar-refractivity contribution < 1.29 is 47.0 Å². The van der Waals surface area contributed by atoms with Crippen molar-refractivity contribution in [3.05, 3.63) is 48.5 Å². The van der Waals surface area contributed by atoms with Crippen molar-refractivity contribution in [1.82, 2.24) is 31.2 Å². The van der Waals surface area contributed by atoms with Crippen LogP contribution in [0.15, 0.2) is 47.8 Å². The van der Waals surface area contributed by atoms with Crippen LogP contribution in [0.4, 0.5) is 9.59 Å². The number of imidazole rings is 1. The van der Waals surface area contributed by atoms with Gasteiger partial charge < -0.3 is 40.8 Å². The van der Waals surface area contributed by atoms with Crippen LogP contribution in [-0.4, -0.2) is 96.1 Å². The topological polar surface area (TPSA) is 235 Å². The Kier molecular flexibility index (Phi) is 16.0. The number of ether oxygens (including phenoxy) is 2. The second-order valence-electron chi connectivity index (χ2n) is 12.8. The van der Waals surface area contributed by atoms with Gasteiger partial charge in [0.1, 0.15) is 30.3 Å². The summed E-state index contributed by atoms with van der Waals surface area (Å²) in [6, 6.07) is 4.22. The van der Waals surface area contributed by atoms with E-state index in [1.807, 2.05) is 13.8 Å². The van der Waals surface area contributed by atoms with Gasteiger partial charge in [-0.3, -0.25) is 9.59 Å². The van der Waals surface area contributed by atoms with Gasteiger partial charge in [0.25, 0.3) is 0 Å². The van der Waals surface area contributed by atoms with Crippen LogP contribution in [-0.2, 0) is 40.1 Å². The highest BCUT2D eigenvalue weighted by molar-refractivity contribution is 7.91. The van der Waals surface area contributed by atoms with E-state index in [2.05, 4.69) is 31.2 Å². The monoisotopic (exact) mass is 708 g/mol. The molecule has 0 saturated carbocycles. The maximum atomic E-state index is 13.4. The van der Waals surface area contributed by atoms with Crippen molar-refractivity contribution in [2.45, 2.75) is 95.3 Å². The van der Waals surface area contributed by atoms with Gasteiger partial charge in [-0.1, -0.05) is 32.0 Å². The number of unbranched alkanes of at least 4 members (excludes halogenated alkanes) is 1. The Morgan fingerprint density at radius 1 is 0.918 bits per heavy atom. The van der Waals surface area contributed by atoms with Crippen LogP contribution in [0.2, 0.25) is 0 Å². The second-order valence-corrected chi connectivity index (χ2v) is 14.9. The molecule has 0 spiro atoms. The number of amides is 4. The number of carboxylic acids is 1. The maximum absolute atomic E-state index is 13.4. The van der Waals surface area contributed by atoms with Crippen molar-refractivity contribution in [3.63, 3.8) is 0 Å². The Hall–Kier alpha value is -4.67. The molecule has 16 nitrogen and oxygen atoms in total. The molecule has 0 aliphatic carbocycles. The summed E-state index contributed by atoms with van der Waals surface area (Å²) in [7, 11) is -3.61. The lowest BCUT2D eigenvalue weighted by Crippen LogP contribution is -2.57. The summed E-state index contributed by atoms with van der Waals surface area (Å²) in [4.78, 5) is 70.1. The van der Waals surface area contributed by atoms with Crippen LogP contribution >= 0.6 is 0 Å². The molecule has 49 heavy (non-hydrogen) atoms. The number of aromatic nitrogens is 2. The maximum Gasteiger partial charge on any atom is 0.408 e. The number of nitrogens with zero attached hydrogens (tertiary/aromatic N) is 1. The van der Waals surface area contributed by atoms with Crippen LogP contribution in [0.25, 0.3) is 0 Å². The van der Waals surface area contributed by atoms with Gasteiger partial charge in [0, 0.05) is 24.9 Å². The van der Waals surface area contributed by atoms with E-state index in [1.165, 1.54) is 24.7 Å². The van der Waals surface area contributed by atoms with Gasteiger partial charge in [-0.25, -0.2) is 27.8 Å². The number of H-pyrrole nitrogens is 1. The van der Waals surface area contributed by atoms with Crippen LogP contribution in [0, 0.1) is 5.92 Å². The van der Waals surface area contributed by atoms with E-state index in [0.29, 0.717) is 12.1 Å². The quantitative estimate of drug-likeness (QED) is 0.116. The van der Waals surface area contributed by atoms with Gasteiger partial charge in [-0.15, -0.1) is 0 Å². The number of hydrogen-bond donors (Lipinski definition) is 6. The van der Waals surface area contributed by atoms with Crippen molar-refractivity contribution in [2.75, 3.05) is 18.9 Å². The Morgan fingerprint density at radius 2 is 1.57 bits per heavy atom. The molecule has 0 aliphatic heterocycles. The first-order valence-electron chi connectivity index (χ1n) is 16.0. The average molecular weight is 709 g/mol. The lowest BCUT2D eigenvalue weighted by Gasteiger charge is -2.26. The Labute approximate surface area is 286 Å². The molecule has 1 aromatic heterocycles. The van der Waals surface area contributed by atoms with Crippen molar-refractivity contribution >= 4 is 39.8 Å². The zero-order valence-electron chi connectivity index (χ0n) is 28.5. The fraction of sp³-hybridized carbons (Fsp3) is 0.562. The molecule has 3 atom stereocenters. The molecule has 0 radical (unpaired) electrons. The number of alkyl carbamates (subject to hydrolysis) is 2. The number of carbonyl (C=O) groups excluding carboxylic acids is 4. The normalized spacial score (nSPS) is 13.4. The summed E-state index contributed by atoms with van der Waals surface area (Å²) in [5, 5.41) is 19.9. The van der Waals surface area contributed by atoms with E-state index in [1.54, 1.807) is 39.0 Å². The number of rotatable bonds is 19. The number of hydrogen-bond acceptors (Lipinski definition) is 10. The van der Waals surface area contributed by atoms with E-state index in [9.17, 15) is 37.5 Å². The summed E-state index contributed by atoms with van der Waals surface area (Å²) in [5.74, 6) is -3.10. The van der Waals surface area contributed by atoms with Gasteiger partial charge in [-0.05, 0) is 64.5 Å². The first kappa shape index (κ1) is 40.5. The number of aromatic amines is 1. The molecule has 17 heteroatoms. The van der Waals surface area contributed by atoms with E-state index in [4.69, 9.17) is 9.47 Å². The smallest absolute Gasteiger partial charge is 0.408 e. The van der Waals surface area contributed by atoms with Crippen LogP contribution in [0.1, 0.15) is 66.0 Å². The average Bonchev–Trinajstić information content (AvgIpc) is 3.52. The van der Waals surface area contributed by atoms with Gasteiger partial charge in [-0.2, -0.15) is 0 Å². The van der Waals surface area contributed by atoms with E-state index >= 15 is 0 Å². The van der Waals surface area contributed by atoms with Gasteiger partial charge >= 0.3 is 18.2 Å². The SMILES string of the molecule is CC(C)C[C@H](NC(=O)OC(C)(C)C)C(=O)N[C@@H](Cc1cnc[nH]1)C(=O)N[C@@H](CCCCNC(=O)OCCS(=O)(=O)c1ccccc1)C(=O)O. The minimum absolute atomic E-state index is 0.00547. The summed E-state index contributed by atoms with van der Waals surface area (Å²) in [6.07, 6.45) is 2.08. The highest BCUT2D eigenvalue weighted by Crippen LogP contribution is 2.12. The van der Waals surface area contributed by atoms with Gasteiger partial charge in [0.2, 0.25) is 11.8 Å². The number of nitrogens with one attached hydrogen (secondary N) is 5. The zero-order valence-corrected chi connectivity index (χ0v) is 29.3. The summed E-state index contributed by atoms with van der Waals surface area (Å²) in [6.45, 7) is 8.55. The number of sulfone groups is 1. The highest BCUT2D eigenvalue weighted by Gasteiger charge is 2.31. The van der Waals surface area contributed by atoms with Gasteiger partial charge in [0.15, 0.2) is 9.84 Å². The Balaban J connectivity index is 1.92. The predicted octanol–water partition coefficient (Wildman–Crippen LogP) is 2.32. The largest absolute Gasteiger partial charge is 0.480 e. The summed E-state index contributed by atoms with van der Waals surface area (Å²) in [5.41, 5.74) is -0.297. The number of carboxylic acid groups (broad SMARTS) is 1. The number of carbonyl (C=O) groups is 5. The zero-order chi connectivity index (χ0) is 36.6. The molecule has 272 valence electrons. The first-order valence-corrected chi connectivity index (χ1v) is 17.6. The van der Waals surface area contributed by atoms with Crippen molar-refractivity contribution in [2.24, 2.45) is 5.92 Å². The van der Waals surface area contributed by atoms with E-state index < -0.39 is 63.5 Å². The van der Waals surface area contributed by atoms with Crippen molar-refractivity contribution in [3.8, 4) is 0 Å². The molecule has 2 aromatic rings. The first-order chi connectivity index (χ1) is 23.0. The molecule has 2 rings (SSSR count). The molecule has 0 fully saturated rings. The minimum Gasteiger partial charge on any atom is -0.480 e. The third kappa shape index (κ3) is 15.9.